The second kappa shape index (κ2) is 3.99. The molecule has 17 heavy (non-hydrogen) atoms. The summed E-state index contributed by atoms with van der Waals surface area (Å²) in [6.45, 7) is 0. The number of aromatic hydroxyl groups is 1. The van der Waals surface area contributed by atoms with Gasteiger partial charge in [0.1, 0.15) is 0 Å². The second-order valence-corrected chi connectivity index (χ2v) is 3.64. The number of aromatic carboxylic acids is 1. The largest absolute Gasteiger partial charge is 0.493 e. The van der Waals surface area contributed by atoms with Gasteiger partial charge in [0.2, 0.25) is 5.88 Å². The highest BCUT2D eigenvalue weighted by molar-refractivity contribution is 6.32. The molecule has 7 heteroatoms. The fourth-order valence-corrected chi connectivity index (χ4v) is 1.64. The average Bonchev–Trinajstić information content (AvgIpc) is 2.55. The number of carboxylic acid groups (broad SMARTS) is 1. The number of hydrogen-bond donors (Lipinski definition) is 3. The van der Waals surface area contributed by atoms with Crippen molar-refractivity contribution in [1.82, 2.24) is 9.78 Å². The molecule has 1 heterocycles. The number of rotatable bonds is 2. The number of carboxylic acids is 1. The van der Waals surface area contributed by atoms with E-state index in [0.29, 0.717) is 0 Å². The molecule has 0 atom stereocenters. The summed E-state index contributed by atoms with van der Waals surface area (Å²) in [5, 5.41) is 20.9. The van der Waals surface area contributed by atoms with Crippen molar-refractivity contribution in [1.29, 1.82) is 0 Å². The number of hydrogen-bond acceptors (Lipinski definition) is 3. The summed E-state index contributed by atoms with van der Waals surface area (Å²) in [5.74, 6) is -2.19. The van der Waals surface area contributed by atoms with E-state index in [4.69, 9.17) is 16.7 Å². The van der Waals surface area contributed by atoms with Crippen LogP contribution in [-0.4, -0.2) is 26.0 Å². The molecule has 0 saturated heterocycles. The zero-order valence-corrected chi connectivity index (χ0v) is 9.10. The monoisotopic (exact) mass is 254 g/mol. The maximum atomic E-state index is 11.3. The highest BCUT2D eigenvalue weighted by Gasteiger charge is 2.21. The molecule has 0 amide bonds. The Bertz CT molecular complexity index is 644. The normalized spacial score (nSPS) is 10.4. The van der Waals surface area contributed by atoms with Gasteiger partial charge in [-0.15, -0.1) is 0 Å². The van der Waals surface area contributed by atoms with Crippen LogP contribution in [0.4, 0.5) is 0 Å². The first kappa shape index (κ1) is 11.3. The van der Waals surface area contributed by atoms with Gasteiger partial charge in [-0.3, -0.25) is 9.89 Å². The van der Waals surface area contributed by atoms with Gasteiger partial charge in [0, 0.05) is 0 Å². The summed E-state index contributed by atoms with van der Waals surface area (Å²) in [4.78, 5) is 22.1. The molecule has 0 radical (unpaired) electrons. The van der Waals surface area contributed by atoms with Crippen LogP contribution < -0.4 is 5.56 Å². The van der Waals surface area contributed by atoms with E-state index in [1.807, 2.05) is 0 Å². The van der Waals surface area contributed by atoms with E-state index in [9.17, 15) is 14.7 Å². The number of para-hydroxylation sites is 1. The Hall–Kier alpha value is -2.21. The summed E-state index contributed by atoms with van der Waals surface area (Å²) < 4.78 is 0.925. The summed E-state index contributed by atoms with van der Waals surface area (Å²) in [6.07, 6.45) is 0. The standard InChI is InChI=1S/C10H7ClN2O4/c11-5-3-1-2-4-6(5)13-9(15)7(10(16)17)8(14)12-13/h1-4,15H,(H,12,14)(H,16,17). The predicted molar refractivity (Wildman–Crippen MR) is 60.0 cm³/mol. The quantitative estimate of drug-likeness (QED) is 0.751. The maximum absolute atomic E-state index is 11.3. The van der Waals surface area contributed by atoms with Gasteiger partial charge in [0.25, 0.3) is 5.56 Å². The van der Waals surface area contributed by atoms with E-state index in [2.05, 4.69) is 5.10 Å². The number of carbonyl (C=O) groups is 1. The van der Waals surface area contributed by atoms with Gasteiger partial charge in [-0.1, -0.05) is 23.7 Å². The van der Waals surface area contributed by atoms with Crippen LogP contribution in [0.3, 0.4) is 0 Å². The van der Waals surface area contributed by atoms with Crippen LogP contribution in [0.2, 0.25) is 5.02 Å². The highest BCUT2D eigenvalue weighted by Crippen LogP contribution is 2.24. The molecule has 0 aliphatic rings. The SMILES string of the molecule is O=C(O)c1c(O)n(-c2ccccc2Cl)[nH]c1=O. The lowest BCUT2D eigenvalue weighted by atomic mass is 10.3. The molecule has 0 aliphatic heterocycles. The maximum Gasteiger partial charge on any atom is 0.347 e. The van der Waals surface area contributed by atoms with Gasteiger partial charge in [-0.05, 0) is 12.1 Å². The number of aromatic nitrogens is 2. The lowest BCUT2D eigenvalue weighted by Gasteiger charge is -2.05. The molecule has 6 nitrogen and oxygen atoms in total. The van der Waals surface area contributed by atoms with Crippen LogP contribution in [0, 0.1) is 0 Å². The van der Waals surface area contributed by atoms with Crippen molar-refractivity contribution in [2.75, 3.05) is 0 Å². The zero-order chi connectivity index (χ0) is 12.6. The van der Waals surface area contributed by atoms with Crippen molar-refractivity contribution in [3.8, 4) is 11.6 Å². The topological polar surface area (TPSA) is 95.3 Å². The fraction of sp³-hybridized carbons (Fsp3) is 0. The summed E-state index contributed by atoms with van der Waals surface area (Å²) in [5.41, 5.74) is -1.32. The number of halogens is 1. The van der Waals surface area contributed by atoms with Crippen LogP contribution in [-0.2, 0) is 0 Å². The summed E-state index contributed by atoms with van der Waals surface area (Å²) >= 11 is 5.87. The molecule has 3 N–H and O–H groups in total. The van der Waals surface area contributed by atoms with E-state index in [1.165, 1.54) is 6.07 Å². The molecule has 0 fully saturated rings. The number of nitrogens with zero attached hydrogens (tertiary/aromatic N) is 1. The lowest BCUT2D eigenvalue weighted by molar-refractivity contribution is 0.0692. The molecule has 0 aliphatic carbocycles. The Kier molecular flexibility index (Phi) is 2.64. The minimum Gasteiger partial charge on any atom is -0.493 e. The Labute approximate surface area is 99.7 Å². The van der Waals surface area contributed by atoms with E-state index in [0.717, 1.165) is 4.68 Å². The molecule has 0 saturated carbocycles. The van der Waals surface area contributed by atoms with Crippen LogP contribution in [0.15, 0.2) is 29.1 Å². The highest BCUT2D eigenvalue weighted by atomic mass is 35.5. The molecule has 1 aromatic heterocycles. The molecule has 0 bridgehead atoms. The molecule has 0 unspecified atom stereocenters. The van der Waals surface area contributed by atoms with Crippen molar-refractivity contribution in [2.24, 2.45) is 0 Å². The van der Waals surface area contributed by atoms with Crippen LogP contribution in [0.5, 0.6) is 5.88 Å². The first-order chi connectivity index (χ1) is 8.02. The van der Waals surface area contributed by atoms with E-state index in [-0.39, 0.29) is 10.7 Å². The zero-order valence-electron chi connectivity index (χ0n) is 8.35. The van der Waals surface area contributed by atoms with Crippen molar-refractivity contribution >= 4 is 17.6 Å². The number of aromatic amines is 1. The molecular weight excluding hydrogens is 248 g/mol. The Balaban J connectivity index is 2.71. The predicted octanol–water partition coefficient (Wildman–Crippen LogP) is 1.22. The lowest BCUT2D eigenvalue weighted by Crippen LogP contribution is -2.11. The molecule has 88 valence electrons. The molecular formula is C10H7ClN2O4. The Morgan fingerprint density at radius 3 is 2.53 bits per heavy atom. The van der Waals surface area contributed by atoms with Crippen LogP contribution in [0.25, 0.3) is 5.69 Å². The minimum absolute atomic E-state index is 0.269. The third kappa shape index (κ3) is 1.78. The Morgan fingerprint density at radius 2 is 2.00 bits per heavy atom. The molecule has 2 aromatic rings. The van der Waals surface area contributed by atoms with Crippen molar-refractivity contribution in [3.05, 3.63) is 45.2 Å². The van der Waals surface area contributed by atoms with Crippen molar-refractivity contribution in [2.45, 2.75) is 0 Å². The van der Waals surface area contributed by atoms with E-state index < -0.39 is 23.0 Å². The fourth-order valence-electron chi connectivity index (χ4n) is 1.42. The summed E-state index contributed by atoms with van der Waals surface area (Å²) in [6, 6.07) is 6.39. The number of H-pyrrole nitrogens is 1. The Morgan fingerprint density at radius 1 is 1.35 bits per heavy atom. The molecule has 1 aromatic carbocycles. The van der Waals surface area contributed by atoms with Gasteiger partial charge < -0.3 is 10.2 Å². The molecule has 0 spiro atoms. The van der Waals surface area contributed by atoms with Crippen molar-refractivity contribution in [3.63, 3.8) is 0 Å². The van der Waals surface area contributed by atoms with Crippen molar-refractivity contribution < 1.29 is 15.0 Å². The second-order valence-electron chi connectivity index (χ2n) is 3.23. The number of benzene rings is 1. The van der Waals surface area contributed by atoms with Crippen LogP contribution >= 0.6 is 11.6 Å². The van der Waals surface area contributed by atoms with E-state index in [1.54, 1.807) is 18.2 Å². The minimum atomic E-state index is -1.51. The smallest absolute Gasteiger partial charge is 0.347 e. The first-order valence-corrected chi connectivity index (χ1v) is 4.92. The van der Waals surface area contributed by atoms with Gasteiger partial charge in [0.15, 0.2) is 5.56 Å². The average molecular weight is 255 g/mol. The number of nitrogens with one attached hydrogen (secondary N) is 1. The van der Waals surface area contributed by atoms with E-state index >= 15 is 0 Å². The van der Waals surface area contributed by atoms with Gasteiger partial charge in [0.05, 0.1) is 10.7 Å². The third-order valence-corrected chi connectivity index (χ3v) is 2.50. The van der Waals surface area contributed by atoms with Gasteiger partial charge in [-0.2, -0.15) is 0 Å². The van der Waals surface area contributed by atoms with Gasteiger partial charge in [-0.25, -0.2) is 9.48 Å². The molecule has 2 rings (SSSR count). The third-order valence-electron chi connectivity index (χ3n) is 2.18. The summed E-state index contributed by atoms with van der Waals surface area (Å²) in [7, 11) is 0. The first-order valence-electron chi connectivity index (χ1n) is 4.54. The van der Waals surface area contributed by atoms with Crippen LogP contribution in [0.1, 0.15) is 10.4 Å². The van der Waals surface area contributed by atoms with Gasteiger partial charge >= 0.3 is 5.97 Å².